The summed E-state index contributed by atoms with van der Waals surface area (Å²) in [6.07, 6.45) is 2.98. The van der Waals surface area contributed by atoms with Crippen molar-refractivity contribution in [3.8, 4) is 11.5 Å². The predicted molar refractivity (Wildman–Crippen MR) is 108 cm³/mol. The Hall–Kier alpha value is -1.54. The van der Waals surface area contributed by atoms with Crippen LogP contribution in [-0.4, -0.2) is 48.3 Å². The minimum Gasteiger partial charge on any atom is -0.490 e. The van der Waals surface area contributed by atoms with E-state index in [0.29, 0.717) is 31.2 Å². The first-order valence-electron chi connectivity index (χ1n) is 7.70. The third-order valence-corrected chi connectivity index (χ3v) is 4.21. The van der Waals surface area contributed by atoms with E-state index in [1.807, 2.05) is 24.3 Å². The Kier molecular flexibility index (Phi) is 9.72. The van der Waals surface area contributed by atoms with Crippen LogP contribution in [0.2, 0.25) is 0 Å². The van der Waals surface area contributed by atoms with Gasteiger partial charge in [0.05, 0.1) is 12.2 Å². The first-order chi connectivity index (χ1) is 11.7. The van der Waals surface area contributed by atoms with Gasteiger partial charge in [-0.15, -0.1) is 24.8 Å². The monoisotopic (exact) mass is 463 g/mol. The fourth-order valence-corrected chi connectivity index (χ4v) is 2.70. The van der Waals surface area contributed by atoms with Gasteiger partial charge in [-0.1, -0.05) is 15.9 Å². The Morgan fingerprint density at radius 2 is 2.00 bits per heavy atom. The van der Waals surface area contributed by atoms with Gasteiger partial charge in [-0.05, 0) is 36.4 Å². The van der Waals surface area contributed by atoms with Crippen LogP contribution in [-0.2, 0) is 0 Å². The molecular formula is C17H20BrCl2N3O3. The third-order valence-electron chi connectivity index (χ3n) is 3.68. The highest BCUT2D eigenvalue weighted by molar-refractivity contribution is 9.10. The van der Waals surface area contributed by atoms with Crippen molar-refractivity contribution in [2.45, 2.75) is 6.04 Å². The Bertz CT molecular complexity index is 677. The van der Waals surface area contributed by atoms with E-state index in [0.717, 1.165) is 11.0 Å². The number of amides is 1. The van der Waals surface area contributed by atoms with Gasteiger partial charge in [0, 0.05) is 30.3 Å². The molecule has 26 heavy (non-hydrogen) atoms. The summed E-state index contributed by atoms with van der Waals surface area (Å²) in [5.41, 5.74) is 0. The van der Waals surface area contributed by atoms with E-state index >= 15 is 0 Å². The molecule has 2 heterocycles. The normalized spacial score (nSPS) is 16.0. The highest BCUT2D eigenvalue weighted by Crippen LogP contribution is 2.18. The van der Waals surface area contributed by atoms with Crippen molar-refractivity contribution in [3.05, 3.63) is 53.3 Å². The van der Waals surface area contributed by atoms with Gasteiger partial charge in [0.1, 0.15) is 18.1 Å². The third kappa shape index (κ3) is 6.32. The van der Waals surface area contributed by atoms with Gasteiger partial charge in [-0.3, -0.25) is 9.88 Å². The molecule has 6 nitrogen and oxygen atoms in total. The minimum absolute atomic E-state index is 0. The fraction of sp³-hybridized carbons (Fsp3) is 0.294. The van der Waals surface area contributed by atoms with Crippen LogP contribution in [0.3, 0.4) is 0 Å². The molecule has 0 bridgehead atoms. The number of carbonyl (C=O) groups excluding carboxylic acids is 1. The van der Waals surface area contributed by atoms with Crippen molar-refractivity contribution < 1.29 is 14.3 Å². The highest BCUT2D eigenvalue weighted by atomic mass is 79.9. The van der Waals surface area contributed by atoms with Crippen molar-refractivity contribution in [2.75, 3.05) is 26.2 Å². The van der Waals surface area contributed by atoms with Gasteiger partial charge in [0.2, 0.25) is 0 Å². The summed E-state index contributed by atoms with van der Waals surface area (Å²) in [5, 5.41) is 3.28. The van der Waals surface area contributed by atoms with Crippen LogP contribution >= 0.6 is 40.7 Å². The van der Waals surface area contributed by atoms with Crippen molar-refractivity contribution in [1.29, 1.82) is 0 Å². The minimum atomic E-state index is -0.362. The summed E-state index contributed by atoms with van der Waals surface area (Å²) in [4.78, 5) is 18.2. The number of hydrogen-bond acceptors (Lipinski definition) is 5. The molecule has 0 radical (unpaired) electrons. The first-order valence-corrected chi connectivity index (χ1v) is 8.49. The second-order valence-corrected chi connectivity index (χ2v) is 6.29. The van der Waals surface area contributed by atoms with Crippen molar-refractivity contribution in [1.82, 2.24) is 15.2 Å². The lowest BCUT2D eigenvalue weighted by molar-refractivity contribution is 0.0953. The molecule has 1 unspecified atom stereocenters. The maximum Gasteiger partial charge on any atom is 0.415 e. The molecule has 0 aliphatic carbocycles. The number of pyridine rings is 1. The molecule has 1 saturated heterocycles. The summed E-state index contributed by atoms with van der Waals surface area (Å²) < 4.78 is 12.1. The molecule has 1 aliphatic heterocycles. The Balaban J connectivity index is 0.00000169. The Morgan fingerprint density at radius 3 is 2.69 bits per heavy atom. The average Bonchev–Trinajstić information content (AvgIpc) is 2.63. The number of ether oxygens (including phenoxy) is 2. The zero-order valence-electron chi connectivity index (χ0n) is 13.8. The van der Waals surface area contributed by atoms with Gasteiger partial charge < -0.3 is 14.8 Å². The molecule has 0 saturated carbocycles. The van der Waals surface area contributed by atoms with Gasteiger partial charge in [-0.25, -0.2) is 4.79 Å². The molecule has 142 valence electrons. The van der Waals surface area contributed by atoms with Crippen LogP contribution in [0.25, 0.3) is 0 Å². The molecule has 0 spiro atoms. The second kappa shape index (κ2) is 11.2. The lowest BCUT2D eigenvalue weighted by Gasteiger charge is -2.35. The number of aromatic nitrogens is 1. The van der Waals surface area contributed by atoms with Gasteiger partial charge >= 0.3 is 6.09 Å². The molecule has 3 rings (SSSR count). The van der Waals surface area contributed by atoms with Gasteiger partial charge in [-0.2, -0.15) is 0 Å². The molecule has 1 N–H and O–H groups in total. The van der Waals surface area contributed by atoms with E-state index in [1.54, 1.807) is 29.4 Å². The van der Waals surface area contributed by atoms with Crippen LogP contribution in [0, 0.1) is 0 Å². The van der Waals surface area contributed by atoms with E-state index in [-0.39, 0.29) is 36.9 Å². The molecule has 1 aromatic carbocycles. The SMILES string of the molecule is Cl.Cl.O=C(Oc1ccc(Br)cc1)N1CCNCC1COc1cccnc1. The van der Waals surface area contributed by atoms with E-state index < -0.39 is 0 Å². The fourth-order valence-electron chi connectivity index (χ4n) is 2.44. The number of hydrogen-bond donors (Lipinski definition) is 1. The maximum atomic E-state index is 12.5. The number of halogens is 3. The topological polar surface area (TPSA) is 63.7 Å². The van der Waals surface area contributed by atoms with E-state index in [2.05, 4.69) is 26.2 Å². The van der Waals surface area contributed by atoms with Crippen molar-refractivity contribution >= 4 is 46.8 Å². The second-order valence-electron chi connectivity index (χ2n) is 5.37. The molecule has 1 aromatic heterocycles. The average molecular weight is 465 g/mol. The molecule has 2 aromatic rings. The van der Waals surface area contributed by atoms with Crippen molar-refractivity contribution in [3.63, 3.8) is 0 Å². The van der Waals surface area contributed by atoms with Crippen LogP contribution in [0.15, 0.2) is 53.3 Å². The number of nitrogens with zero attached hydrogens (tertiary/aromatic N) is 2. The van der Waals surface area contributed by atoms with E-state index in [9.17, 15) is 4.79 Å². The van der Waals surface area contributed by atoms with Crippen LogP contribution in [0.4, 0.5) is 4.79 Å². The molecule has 1 amide bonds. The lowest BCUT2D eigenvalue weighted by atomic mass is 10.2. The smallest absolute Gasteiger partial charge is 0.415 e. The molecule has 1 aliphatic rings. The number of piperazine rings is 1. The number of benzene rings is 1. The standard InChI is InChI=1S/C17H18BrN3O3.2ClH/c18-13-3-5-15(6-4-13)24-17(22)21-9-8-20-10-14(21)12-23-16-2-1-7-19-11-16;;/h1-7,11,14,20H,8-10,12H2;2*1H. The summed E-state index contributed by atoms with van der Waals surface area (Å²) in [7, 11) is 0. The first kappa shape index (κ1) is 22.5. The number of rotatable bonds is 4. The summed E-state index contributed by atoms with van der Waals surface area (Å²) in [6.45, 7) is 2.36. The van der Waals surface area contributed by atoms with E-state index in [1.165, 1.54) is 0 Å². The number of carbonyl (C=O) groups is 1. The zero-order valence-corrected chi connectivity index (χ0v) is 17.1. The number of nitrogens with one attached hydrogen (secondary N) is 1. The molecule has 9 heteroatoms. The van der Waals surface area contributed by atoms with Crippen LogP contribution < -0.4 is 14.8 Å². The van der Waals surface area contributed by atoms with Crippen molar-refractivity contribution in [2.24, 2.45) is 0 Å². The quantitative estimate of drug-likeness (QED) is 0.749. The summed E-state index contributed by atoms with van der Waals surface area (Å²) in [5.74, 6) is 1.21. The lowest BCUT2D eigenvalue weighted by Crippen LogP contribution is -2.56. The van der Waals surface area contributed by atoms with Gasteiger partial charge in [0.25, 0.3) is 0 Å². The van der Waals surface area contributed by atoms with E-state index in [4.69, 9.17) is 9.47 Å². The zero-order chi connectivity index (χ0) is 16.8. The Labute approximate surface area is 173 Å². The Morgan fingerprint density at radius 1 is 1.23 bits per heavy atom. The van der Waals surface area contributed by atoms with Gasteiger partial charge in [0.15, 0.2) is 0 Å². The molecular weight excluding hydrogens is 445 g/mol. The van der Waals surface area contributed by atoms with Crippen LogP contribution in [0.1, 0.15) is 0 Å². The summed E-state index contributed by atoms with van der Waals surface area (Å²) in [6, 6.07) is 10.7. The highest BCUT2D eigenvalue weighted by Gasteiger charge is 2.28. The predicted octanol–water partition coefficient (Wildman–Crippen LogP) is 3.54. The summed E-state index contributed by atoms with van der Waals surface area (Å²) >= 11 is 3.36. The largest absolute Gasteiger partial charge is 0.490 e. The maximum absolute atomic E-state index is 12.5. The molecule has 1 atom stereocenters. The molecule has 1 fully saturated rings. The van der Waals surface area contributed by atoms with Crippen LogP contribution in [0.5, 0.6) is 11.5 Å².